The SMILES string of the molecule is CC(F)(F)C[C@H]([NH-])C(=O)NCC#N. The number of amides is 1. The van der Waals surface area contributed by atoms with Gasteiger partial charge >= 0.3 is 0 Å². The largest absolute Gasteiger partial charge is 0.667 e. The van der Waals surface area contributed by atoms with E-state index in [0.29, 0.717) is 6.92 Å². The summed E-state index contributed by atoms with van der Waals surface area (Å²) >= 11 is 0. The van der Waals surface area contributed by atoms with Crippen molar-refractivity contribution in [1.82, 2.24) is 5.32 Å². The molecule has 0 unspecified atom stereocenters. The summed E-state index contributed by atoms with van der Waals surface area (Å²) in [6.07, 6.45) is -0.829. The van der Waals surface area contributed by atoms with Gasteiger partial charge in [0.2, 0.25) is 11.8 Å². The molecule has 0 saturated carbocycles. The molecule has 0 heterocycles. The number of halogens is 2. The van der Waals surface area contributed by atoms with Gasteiger partial charge in [0.25, 0.3) is 0 Å². The zero-order chi connectivity index (χ0) is 10.5. The van der Waals surface area contributed by atoms with Crippen LogP contribution >= 0.6 is 0 Å². The van der Waals surface area contributed by atoms with Gasteiger partial charge in [-0.3, -0.25) is 4.79 Å². The number of carbonyl (C=O) groups excluding carboxylic acids is 1. The molecule has 0 aliphatic carbocycles. The van der Waals surface area contributed by atoms with Crippen LogP contribution in [0.4, 0.5) is 8.78 Å². The van der Waals surface area contributed by atoms with Crippen LogP contribution < -0.4 is 5.32 Å². The van der Waals surface area contributed by atoms with E-state index >= 15 is 0 Å². The van der Waals surface area contributed by atoms with Crippen molar-refractivity contribution in [2.24, 2.45) is 0 Å². The van der Waals surface area contributed by atoms with Crippen LogP contribution in [0.25, 0.3) is 5.73 Å². The zero-order valence-corrected chi connectivity index (χ0v) is 7.10. The molecular weight excluding hydrogens is 180 g/mol. The second kappa shape index (κ2) is 4.72. The van der Waals surface area contributed by atoms with Crippen molar-refractivity contribution in [2.45, 2.75) is 25.3 Å². The summed E-state index contributed by atoms with van der Waals surface area (Å²) in [5.41, 5.74) is 7.01. The summed E-state index contributed by atoms with van der Waals surface area (Å²) < 4.78 is 24.6. The third-order valence-corrected chi connectivity index (χ3v) is 1.22. The van der Waals surface area contributed by atoms with Gasteiger partial charge in [0, 0.05) is 6.42 Å². The second-order valence-electron chi connectivity index (χ2n) is 2.70. The number of hydrogen-bond acceptors (Lipinski definition) is 2. The van der Waals surface area contributed by atoms with Gasteiger partial charge in [-0.2, -0.15) is 5.26 Å². The maximum absolute atomic E-state index is 12.3. The van der Waals surface area contributed by atoms with E-state index in [2.05, 4.69) is 0 Å². The fourth-order valence-corrected chi connectivity index (χ4v) is 0.701. The van der Waals surface area contributed by atoms with E-state index in [4.69, 9.17) is 11.0 Å². The number of nitriles is 1. The van der Waals surface area contributed by atoms with E-state index in [1.807, 2.05) is 5.32 Å². The topological polar surface area (TPSA) is 76.7 Å². The monoisotopic (exact) mass is 190 g/mol. The third kappa shape index (κ3) is 5.99. The Balaban J connectivity index is 3.91. The van der Waals surface area contributed by atoms with Gasteiger partial charge in [0.05, 0.1) is 6.07 Å². The van der Waals surface area contributed by atoms with E-state index in [1.54, 1.807) is 6.07 Å². The van der Waals surface area contributed by atoms with Crippen molar-refractivity contribution >= 4 is 5.91 Å². The molecule has 0 spiro atoms. The molecule has 0 rings (SSSR count). The van der Waals surface area contributed by atoms with E-state index in [9.17, 15) is 13.6 Å². The minimum atomic E-state index is -3.03. The maximum Gasteiger partial charge on any atom is 0.244 e. The lowest BCUT2D eigenvalue weighted by molar-refractivity contribution is -0.123. The molecule has 13 heavy (non-hydrogen) atoms. The molecule has 0 aromatic carbocycles. The predicted molar refractivity (Wildman–Crippen MR) is 42.0 cm³/mol. The zero-order valence-electron chi connectivity index (χ0n) is 7.10. The van der Waals surface area contributed by atoms with Crippen molar-refractivity contribution in [3.05, 3.63) is 5.73 Å². The molecule has 0 aromatic rings. The van der Waals surface area contributed by atoms with Gasteiger partial charge in [-0.05, 0) is 6.92 Å². The number of nitrogens with one attached hydrogen (secondary N) is 2. The minimum Gasteiger partial charge on any atom is -0.667 e. The molecule has 74 valence electrons. The number of hydrogen-bond donors (Lipinski definition) is 1. The summed E-state index contributed by atoms with van der Waals surface area (Å²) in [6.45, 7) is 0.385. The molecule has 1 amide bonds. The Hall–Kier alpha value is -1.22. The first-order chi connectivity index (χ1) is 5.87. The van der Waals surface area contributed by atoms with Gasteiger partial charge in [-0.25, -0.2) is 8.78 Å². The van der Waals surface area contributed by atoms with Crippen LogP contribution in [0.3, 0.4) is 0 Å². The smallest absolute Gasteiger partial charge is 0.244 e. The molecule has 0 fully saturated rings. The minimum absolute atomic E-state index is 0.260. The van der Waals surface area contributed by atoms with Crippen molar-refractivity contribution in [3.63, 3.8) is 0 Å². The second-order valence-corrected chi connectivity index (χ2v) is 2.70. The highest BCUT2D eigenvalue weighted by molar-refractivity contribution is 5.83. The van der Waals surface area contributed by atoms with Gasteiger partial charge in [0.1, 0.15) is 6.54 Å². The van der Waals surface area contributed by atoms with E-state index in [-0.39, 0.29) is 6.54 Å². The van der Waals surface area contributed by atoms with E-state index in [0.717, 1.165) is 0 Å². The molecule has 0 radical (unpaired) electrons. The highest BCUT2D eigenvalue weighted by Gasteiger charge is 2.24. The number of nitrogens with zero attached hydrogens (tertiary/aromatic N) is 1. The van der Waals surface area contributed by atoms with Crippen molar-refractivity contribution < 1.29 is 13.6 Å². The number of alkyl halides is 2. The fourth-order valence-electron chi connectivity index (χ4n) is 0.701. The van der Waals surface area contributed by atoms with Crippen LogP contribution in [0, 0.1) is 11.3 Å². The summed E-state index contributed by atoms with van der Waals surface area (Å²) in [4.78, 5) is 10.8. The Morgan fingerprint density at radius 2 is 2.31 bits per heavy atom. The van der Waals surface area contributed by atoms with E-state index < -0.39 is 24.3 Å². The number of carbonyl (C=O) groups is 1. The molecule has 0 aromatic heterocycles. The van der Waals surface area contributed by atoms with Crippen molar-refractivity contribution in [3.8, 4) is 6.07 Å². The molecule has 0 bridgehead atoms. The Labute approximate surface area is 74.7 Å². The molecule has 1 atom stereocenters. The summed E-state index contributed by atoms with van der Waals surface area (Å²) in [6, 6.07) is 0.0935. The standard InChI is InChI=1S/C7H10F2N3O/c1-7(8,9)4-5(11)6(13)12-3-2-10/h5,11H,3-4H2,1H3,(H,12,13)/q-1/t5-/m0/s1. The molecule has 0 aliphatic rings. The quantitative estimate of drug-likeness (QED) is 0.673. The highest BCUT2D eigenvalue weighted by atomic mass is 19.3. The number of rotatable bonds is 4. The third-order valence-electron chi connectivity index (χ3n) is 1.22. The molecular formula is C7H10F2N3O-. The Kier molecular flexibility index (Phi) is 4.28. The Morgan fingerprint density at radius 3 is 2.69 bits per heavy atom. The lowest BCUT2D eigenvalue weighted by atomic mass is 10.1. The maximum atomic E-state index is 12.3. The summed E-state index contributed by atoms with van der Waals surface area (Å²) in [5, 5.41) is 10.1. The average molecular weight is 190 g/mol. The first kappa shape index (κ1) is 11.8. The van der Waals surface area contributed by atoms with Crippen LogP contribution in [0.2, 0.25) is 0 Å². The molecule has 0 saturated heterocycles. The lowest BCUT2D eigenvalue weighted by Crippen LogP contribution is -2.35. The van der Waals surface area contributed by atoms with Crippen LogP contribution in [0.5, 0.6) is 0 Å². The van der Waals surface area contributed by atoms with Crippen LogP contribution in [-0.2, 0) is 4.79 Å². The average Bonchev–Trinajstić information content (AvgIpc) is 1.96. The lowest BCUT2D eigenvalue weighted by Gasteiger charge is -2.21. The first-order valence-corrected chi connectivity index (χ1v) is 3.60. The fraction of sp³-hybridized carbons (Fsp3) is 0.714. The normalized spacial score (nSPS) is 13.2. The Morgan fingerprint density at radius 1 is 1.77 bits per heavy atom. The Bertz CT molecular complexity index is 219. The molecule has 6 heteroatoms. The van der Waals surface area contributed by atoms with Crippen molar-refractivity contribution in [1.29, 1.82) is 5.26 Å². The van der Waals surface area contributed by atoms with Gasteiger partial charge in [-0.15, -0.1) is 0 Å². The van der Waals surface area contributed by atoms with Crippen LogP contribution in [0.1, 0.15) is 13.3 Å². The summed E-state index contributed by atoms with van der Waals surface area (Å²) in [5.74, 6) is -3.88. The molecule has 0 aliphatic heterocycles. The van der Waals surface area contributed by atoms with Gasteiger partial charge in [-0.1, -0.05) is 6.04 Å². The first-order valence-electron chi connectivity index (χ1n) is 3.60. The van der Waals surface area contributed by atoms with E-state index in [1.165, 1.54) is 0 Å². The van der Waals surface area contributed by atoms with Gasteiger partial charge in [0.15, 0.2) is 0 Å². The van der Waals surface area contributed by atoms with Crippen LogP contribution in [0.15, 0.2) is 0 Å². The predicted octanol–water partition coefficient (Wildman–Crippen LogP) is 1.09. The molecule has 2 N–H and O–H groups in total. The summed E-state index contributed by atoms with van der Waals surface area (Å²) in [7, 11) is 0. The van der Waals surface area contributed by atoms with Gasteiger partial charge < -0.3 is 11.1 Å². The van der Waals surface area contributed by atoms with Crippen molar-refractivity contribution in [2.75, 3.05) is 6.54 Å². The molecule has 4 nitrogen and oxygen atoms in total. The van der Waals surface area contributed by atoms with Crippen LogP contribution in [-0.4, -0.2) is 24.4 Å². The highest BCUT2D eigenvalue weighted by Crippen LogP contribution is 2.19.